The molecular weight excluding hydrogens is 198 g/mol. The van der Waals surface area contributed by atoms with E-state index in [9.17, 15) is 0 Å². The summed E-state index contributed by atoms with van der Waals surface area (Å²) in [5.41, 5.74) is 2.85. The van der Waals surface area contributed by atoms with E-state index in [1.54, 1.807) is 7.11 Å². The molecule has 1 aromatic carbocycles. The number of hydrogen-bond acceptors (Lipinski definition) is 2. The molecule has 1 aromatic rings. The van der Waals surface area contributed by atoms with E-state index in [1.165, 1.54) is 11.1 Å². The normalized spacial score (nSPS) is 11.6. The van der Waals surface area contributed by atoms with E-state index in [2.05, 4.69) is 45.1 Å². The molecule has 0 fully saturated rings. The van der Waals surface area contributed by atoms with Crippen molar-refractivity contribution in [2.24, 2.45) is 5.41 Å². The zero-order valence-electron chi connectivity index (χ0n) is 11.1. The van der Waals surface area contributed by atoms with Crippen molar-refractivity contribution in [2.75, 3.05) is 13.7 Å². The summed E-state index contributed by atoms with van der Waals surface area (Å²) in [6.07, 6.45) is 0. The highest BCUT2D eigenvalue weighted by Gasteiger charge is 2.08. The molecular formula is C14H23NO. The smallest absolute Gasteiger partial charge is 0.119 e. The monoisotopic (exact) mass is 221 g/mol. The van der Waals surface area contributed by atoms with Crippen molar-refractivity contribution >= 4 is 0 Å². The molecule has 0 atom stereocenters. The molecule has 1 rings (SSSR count). The summed E-state index contributed by atoms with van der Waals surface area (Å²) in [6, 6.07) is 6.33. The largest absolute Gasteiger partial charge is 0.497 e. The Morgan fingerprint density at radius 2 is 1.88 bits per heavy atom. The van der Waals surface area contributed by atoms with Gasteiger partial charge in [0.1, 0.15) is 5.75 Å². The molecule has 0 radical (unpaired) electrons. The molecule has 0 saturated heterocycles. The van der Waals surface area contributed by atoms with Crippen LogP contribution in [0.15, 0.2) is 18.2 Å². The first-order chi connectivity index (χ1) is 7.40. The number of aryl methyl sites for hydroxylation is 1. The number of benzene rings is 1. The molecule has 0 bridgehead atoms. The van der Waals surface area contributed by atoms with Gasteiger partial charge >= 0.3 is 0 Å². The van der Waals surface area contributed by atoms with Crippen molar-refractivity contribution in [1.82, 2.24) is 5.32 Å². The van der Waals surface area contributed by atoms with Gasteiger partial charge < -0.3 is 10.1 Å². The van der Waals surface area contributed by atoms with Crippen molar-refractivity contribution < 1.29 is 4.74 Å². The van der Waals surface area contributed by atoms with Crippen LogP contribution in [0.2, 0.25) is 0 Å². The quantitative estimate of drug-likeness (QED) is 0.843. The summed E-state index contributed by atoms with van der Waals surface area (Å²) < 4.78 is 5.26. The molecule has 0 heterocycles. The molecule has 0 aliphatic carbocycles. The van der Waals surface area contributed by atoms with Gasteiger partial charge in [0, 0.05) is 13.1 Å². The van der Waals surface area contributed by atoms with Gasteiger partial charge in [0.2, 0.25) is 0 Å². The molecule has 0 spiro atoms. The van der Waals surface area contributed by atoms with Crippen LogP contribution < -0.4 is 10.1 Å². The number of methoxy groups -OCH3 is 1. The Kier molecular flexibility index (Phi) is 4.36. The molecule has 0 saturated carbocycles. The van der Waals surface area contributed by atoms with Crippen LogP contribution in [0.4, 0.5) is 0 Å². The van der Waals surface area contributed by atoms with E-state index in [1.807, 2.05) is 6.07 Å². The minimum absolute atomic E-state index is 0.327. The molecule has 90 valence electrons. The molecule has 0 unspecified atom stereocenters. The highest BCUT2D eigenvalue weighted by molar-refractivity contribution is 5.33. The first-order valence-electron chi connectivity index (χ1n) is 5.76. The Hall–Kier alpha value is -1.02. The summed E-state index contributed by atoms with van der Waals surface area (Å²) in [5, 5.41) is 3.46. The summed E-state index contributed by atoms with van der Waals surface area (Å²) in [4.78, 5) is 0. The summed E-state index contributed by atoms with van der Waals surface area (Å²) in [6.45, 7) is 10.7. The highest BCUT2D eigenvalue weighted by Crippen LogP contribution is 2.17. The lowest BCUT2D eigenvalue weighted by atomic mass is 9.97. The fourth-order valence-corrected chi connectivity index (χ4v) is 1.63. The second-order valence-corrected chi connectivity index (χ2v) is 5.52. The number of hydrogen-bond donors (Lipinski definition) is 1. The highest BCUT2D eigenvalue weighted by atomic mass is 16.5. The second-order valence-electron chi connectivity index (χ2n) is 5.52. The predicted octanol–water partition coefficient (Wildman–Crippen LogP) is 3.14. The van der Waals surface area contributed by atoms with Crippen molar-refractivity contribution in [1.29, 1.82) is 0 Å². The maximum atomic E-state index is 5.26. The maximum absolute atomic E-state index is 5.26. The number of ether oxygens (including phenoxy) is 1. The van der Waals surface area contributed by atoms with Crippen LogP contribution in [-0.2, 0) is 6.54 Å². The lowest BCUT2D eigenvalue weighted by Crippen LogP contribution is -2.26. The minimum Gasteiger partial charge on any atom is -0.497 e. The van der Waals surface area contributed by atoms with Crippen LogP contribution in [0.1, 0.15) is 31.9 Å². The third-order valence-electron chi connectivity index (χ3n) is 2.33. The Balaban J connectivity index is 2.57. The Labute approximate surface area is 99.0 Å². The first-order valence-corrected chi connectivity index (χ1v) is 5.76. The third kappa shape index (κ3) is 4.67. The lowest BCUT2D eigenvalue weighted by molar-refractivity contribution is 0.378. The van der Waals surface area contributed by atoms with Crippen LogP contribution >= 0.6 is 0 Å². The summed E-state index contributed by atoms with van der Waals surface area (Å²) in [7, 11) is 1.71. The molecule has 0 aromatic heterocycles. The molecule has 0 aliphatic heterocycles. The lowest BCUT2D eigenvalue weighted by Gasteiger charge is -2.19. The Bertz CT molecular complexity index is 339. The third-order valence-corrected chi connectivity index (χ3v) is 2.33. The number of rotatable bonds is 4. The van der Waals surface area contributed by atoms with E-state index in [0.29, 0.717) is 5.41 Å². The molecule has 16 heavy (non-hydrogen) atoms. The van der Waals surface area contributed by atoms with Crippen molar-refractivity contribution in [3.05, 3.63) is 29.3 Å². The molecule has 2 nitrogen and oxygen atoms in total. The van der Waals surface area contributed by atoms with E-state index in [4.69, 9.17) is 4.74 Å². The van der Waals surface area contributed by atoms with Gasteiger partial charge in [0.05, 0.1) is 7.11 Å². The standard InChI is InChI=1S/C14H23NO/c1-11-6-12(8-13(7-11)16-5)9-15-10-14(2,3)4/h6-8,15H,9-10H2,1-5H3. The zero-order chi connectivity index (χ0) is 12.2. The molecule has 0 aliphatic rings. The van der Waals surface area contributed by atoms with Crippen LogP contribution in [-0.4, -0.2) is 13.7 Å². The zero-order valence-corrected chi connectivity index (χ0v) is 11.1. The second kappa shape index (κ2) is 5.35. The van der Waals surface area contributed by atoms with Gasteiger partial charge in [-0.3, -0.25) is 0 Å². The Morgan fingerprint density at radius 1 is 1.19 bits per heavy atom. The van der Waals surface area contributed by atoms with E-state index in [0.717, 1.165) is 18.8 Å². The molecule has 1 N–H and O–H groups in total. The van der Waals surface area contributed by atoms with Crippen LogP contribution in [0, 0.1) is 12.3 Å². The first kappa shape index (κ1) is 13.0. The average molecular weight is 221 g/mol. The Morgan fingerprint density at radius 3 is 2.44 bits per heavy atom. The molecule has 0 amide bonds. The van der Waals surface area contributed by atoms with Gasteiger partial charge in [-0.15, -0.1) is 0 Å². The van der Waals surface area contributed by atoms with Crippen LogP contribution in [0.3, 0.4) is 0 Å². The van der Waals surface area contributed by atoms with Crippen LogP contribution in [0.5, 0.6) is 5.75 Å². The van der Waals surface area contributed by atoms with Crippen molar-refractivity contribution in [3.63, 3.8) is 0 Å². The summed E-state index contributed by atoms with van der Waals surface area (Å²) in [5.74, 6) is 0.938. The van der Waals surface area contributed by atoms with Gasteiger partial charge in [0.25, 0.3) is 0 Å². The van der Waals surface area contributed by atoms with Gasteiger partial charge in [0.15, 0.2) is 0 Å². The number of nitrogens with one attached hydrogen (secondary N) is 1. The predicted molar refractivity (Wildman–Crippen MR) is 68.9 cm³/mol. The van der Waals surface area contributed by atoms with E-state index < -0.39 is 0 Å². The summed E-state index contributed by atoms with van der Waals surface area (Å²) >= 11 is 0. The maximum Gasteiger partial charge on any atom is 0.119 e. The SMILES string of the molecule is COc1cc(C)cc(CNCC(C)(C)C)c1. The fourth-order valence-electron chi connectivity index (χ4n) is 1.63. The van der Waals surface area contributed by atoms with Crippen molar-refractivity contribution in [3.8, 4) is 5.75 Å². The minimum atomic E-state index is 0.327. The van der Waals surface area contributed by atoms with Gasteiger partial charge in [-0.1, -0.05) is 26.8 Å². The van der Waals surface area contributed by atoms with Gasteiger partial charge in [-0.05, 0) is 35.6 Å². The van der Waals surface area contributed by atoms with Gasteiger partial charge in [-0.25, -0.2) is 0 Å². The fraction of sp³-hybridized carbons (Fsp3) is 0.571. The van der Waals surface area contributed by atoms with Gasteiger partial charge in [-0.2, -0.15) is 0 Å². The van der Waals surface area contributed by atoms with Crippen LogP contribution in [0.25, 0.3) is 0 Å². The van der Waals surface area contributed by atoms with E-state index >= 15 is 0 Å². The van der Waals surface area contributed by atoms with Crippen molar-refractivity contribution in [2.45, 2.75) is 34.2 Å². The molecule has 2 heteroatoms. The van der Waals surface area contributed by atoms with E-state index in [-0.39, 0.29) is 0 Å². The average Bonchev–Trinajstić information content (AvgIpc) is 2.14. The topological polar surface area (TPSA) is 21.3 Å².